The van der Waals surface area contributed by atoms with Crippen molar-refractivity contribution in [1.82, 2.24) is 0 Å². The summed E-state index contributed by atoms with van der Waals surface area (Å²) in [5.41, 5.74) is 7.50. The molecule has 1 aromatic rings. The fourth-order valence-corrected chi connectivity index (χ4v) is 2.11. The Labute approximate surface area is 121 Å². The van der Waals surface area contributed by atoms with Gasteiger partial charge in [-0.3, -0.25) is 4.79 Å². The van der Waals surface area contributed by atoms with Gasteiger partial charge in [0.2, 0.25) is 5.91 Å². The van der Waals surface area contributed by atoms with E-state index in [0.717, 1.165) is 10.0 Å². The highest BCUT2D eigenvalue weighted by atomic mass is 79.9. The number of benzene rings is 1. The van der Waals surface area contributed by atoms with Crippen LogP contribution >= 0.6 is 27.5 Å². The van der Waals surface area contributed by atoms with Crippen molar-refractivity contribution in [1.29, 1.82) is 0 Å². The Morgan fingerprint density at radius 3 is 2.67 bits per heavy atom. The van der Waals surface area contributed by atoms with Gasteiger partial charge in [0.05, 0.1) is 5.69 Å². The van der Waals surface area contributed by atoms with Crippen LogP contribution in [0.5, 0.6) is 0 Å². The van der Waals surface area contributed by atoms with E-state index < -0.39 is 0 Å². The van der Waals surface area contributed by atoms with E-state index in [-0.39, 0.29) is 17.9 Å². The highest BCUT2D eigenvalue weighted by molar-refractivity contribution is 9.10. The van der Waals surface area contributed by atoms with Crippen LogP contribution in [0.2, 0.25) is 5.02 Å². The molecule has 1 atom stereocenters. The lowest BCUT2D eigenvalue weighted by Crippen LogP contribution is -2.31. The number of amides is 1. The van der Waals surface area contributed by atoms with Crippen LogP contribution in [0.15, 0.2) is 16.6 Å². The first kappa shape index (κ1) is 15.5. The third-order valence-electron chi connectivity index (χ3n) is 2.80. The Bertz CT molecular complexity index is 449. The van der Waals surface area contributed by atoms with Crippen LogP contribution in [0.1, 0.15) is 25.8 Å². The molecule has 0 saturated carbocycles. The molecular formula is C13H18BrClN2O. The molecule has 1 unspecified atom stereocenters. The highest BCUT2D eigenvalue weighted by Gasteiger charge is 2.14. The molecule has 1 aromatic carbocycles. The van der Waals surface area contributed by atoms with Gasteiger partial charge in [-0.2, -0.15) is 0 Å². The van der Waals surface area contributed by atoms with Crippen LogP contribution in [0, 0.1) is 12.8 Å². The predicted octanol–water partition coefficient (Wildman–Crippen LogP) is 3.72. The van der Waals surface area contributed by atoms with Gasteiger partial charge in [-0.25, -0.2) is 0 Å². The van der Waals surface area contributed by atoms with Crippen molar-refractivity contribution in [2.24, 2.45) is 11.7 Å². The molecule has 5 heteroatoms. The number of rotatable bonds is 4. The van der Waals surface area contributed by atoms with E-state index in [2.05, 4.69) is 21.2 Å². The lowest BCUT2D eigenvalue weighted by atomic mass is 10.0. The van der Waals surface area contributed by atoms with Crippen molar-refractivity contribution in [3.05, 3.63) is 27.2 Å². The van der Waals surface area contributed by atoms with E-state index in [4.69, 9.17) is 17.3 Å². The van der Waals surface area contributed by atoms with Crippen molar-refractivity contribution in [3.63, 3.8) is 0 Å². The van der Waals surface area contributed by atoms with Gasteiger partial charge in [-0.1, -0.05) is 25.4 Å². The van der Waals surface area contributed by atoms with Gasteiger partial charge in [0, 0.05) is 22.0 Å². The van der Waals surface area contributed by atoms with Crippen LogP contribution in [0.4, 0.5) is 5.69 Å². The summed E-state index contributed by atoms with van der Waals surface area (Å²) in [4.78, 5) is 11.8. The fourth-order valence-electron chi connectivity index (χ4n) is 1.39. The largest absolute Gasteiger partial charge is 0.327 e. The molecule has 0 bridgehead atoms. The average molecular weight is 334 g/mol. The second-order valence-electron chi connectivity index (χ2n) is 4.74. The second kappa shape index (κ2) is 6.55. The van der Waals surface area contributed by atoms with Crippen LogP contribution in [0.3, 0.4) is 0 Å². The zero-order valence-corrected chi connectivity index (χ0v) is 13.1. The molecule has 18 heavy (non-hydrogen) atoms. The van der Waals surface area contributed by atoms with E-state index >= 15 is 0 Å². The molecule has 0 aliphatic rings. The van der Waals surface area contributed by atoms with Gasteiger partial charge in [0.1, 0.15) is 0 Å². The number of carbonyl (C=O) groups is 1. The number of halogens is 2. The van der Waals surface area contributed by atoms with E-state index in [1.165, 1.54) is 0 Å². The number of carbonyl (C=O) groups excluding carboxylic acids is 1. The van der Waals surface area contributed by atoms with Gasteiger partial charge in [0.15, 0.2) is 0 Å². The van der Waals surface area contributed by atoms with Gasteiger partial charge in [-0.05, 0) is 46.5 Å². The molecule has 0 aliphatic heterocycles. The smallest absolute Gasteiger partial charge is 0.225 e. The summed E-state index contributed by atoms with van der Waals surface area (Å²) in [6, 6.07) is 3.48. The summed E-state index contributed by atoms with van der Waals surface area (Å²) in [6.45, 7) is 5.90. The minimum Gasteiger partial charge on any atom is -0.327 e. The Balaban J connectivity index is 2.73. The van der Waals surface area contributed by atoms with Crippen molar-refractivity contribution >= 4 is 39.1 Å². The van der Waals surface area contributed by atoms with Gasteiger partial charge in [-0.15, -0.1) is 0 Å². The van der Waals surface area contributed by atoms with Gasteiger partial charge < -0.3 is 11.1 Å². The molecule has 3 nitrogen and oxygen atoms in total. The van der Waals surface area contributed by atoms with E-state index in [9.17, 15) is 4.79 Å². The molecule has 0 spiro atoms. The third-order valence-corrected chi connectivity index (χ3v) is 3.86. The van der Waals surface area contributed by atoms with Crippen LogP contribution in [-0.2, 0) is 4.79 Å². The highest BCUT2D eigenvalue weighted by Crippen LogP contribution is 2.29. The normalized spacial score (nSPS) is 12.6. The van der Waals surface area contributed by atoms with E-state index in [1.54, 1.807) is 6.07 Å². The lowest BCUT2D eigenvalue weighted by Gasteiger charge is -2.16. The minimum atomic E-state index is -0.135. The van der Waals surface area contributed by atoms with Gasteiger partial charge in [0.25, 0.3) is 0 Å². The van der Waals surface area contributed by atoms with Crippen molar-refractivity contribution in [3.8, 4) is 0 Å². The molecule has 0 aromatic heterocycles. The van der Waals surface area contributed by atoms with E-state index in [0.29, 0.717) is 17.1 Å². The quantitative estimate of drug-likeness (QED) is 0.882. The first-order valence-corrected chi connectivity index (χ1v) is 6.99. The summed E-state index contributed by atoms with van der Waals surface area (Å²) >= 11 is 9.43. The summed E-state index contributed by atoms with van der Waals surface area (Å²) in [5.74, 6) is 0.178. The molecule has 0 saturated heterocycles. The molecule has 3 N–H and O–H groups in total. The zero-order valence-electron chi connectivity index (χ0n) is 10.8. The molecule has 0 aliphatic carbocycles. The Kier molecular flexibility index (Phi) is 5.63. The third kappa shape index (κ3) is 4.26. The van der Waals surface area contributed by atoms with E-state index in [1.807, 2.05) is 26.8 Å². The number of hydrogen-bond acceptors (Lipinski definition) is 2. The maximum atomic E-state index is 11.8. The van der Waals surface area contributed by atoms with Crippen LogP contribution < -0.4 is 11.1 Å². The standard InChI is InChI=1S/C13H18BrClN2O/c1-7(2)11(16)6-13(18)17-12-5-10(15)8(3)4-9(12)14/h4-5,7,11H,6,16H2,1-3H3,(H,17,18). The maximum Gasteiger partial charge on any atom is 0.225 e. The SMILES string of the molecule is Cc1cc(Br)c(NC(=O)CC(N)C(C)C)cc1Cl. The Morgan fingerprint density at radius 1 is 1.50 bits per heavy atom. The van der Waals surface area contributed by atoms with Crippen molar-refractivity contribution in [2.45, 2.75) is 33.2 Å². The first-order chi connectivity index (χ1) is 8.31. The average Bonchev–Trinajstić information content (AvgIpc) is 2.25. The lowest BCUT2D eigenvalue weighted by molar-refractivity contribution is -0.116. The Morgan fingerprint density at radius 2 is 2.11 bits per heavy atom. The molecule has 1 rings (SSSR count). The summed E-state index contributed by atoms with van der Waals surface area (Å²) in [6.07, 6.45) is 0.301. The van der Waals surface area contributed by atoms with Crippen LogP contribution in [0.25, 0.3) is 0 Å². The van der Waals surface area contributed by atoms with Crippen molar-refractivity contribution < 1.29 is 4.79 Å². The molecular weight excluding hydrogens is 316 g/mol. The minimum absolute atomic E-state index is 0.100. The predicted molar refractivity (Wildman–Crippen MR) is 79.9 cm³/mol. The van der Waals surface area contributed by atoms with Crippen LogP contribution in [-0.4, -0.2) is 11.9 Å². The summed E-state index contributed by atoms with van der Waals surface area (Å²) < 4.78 is 0.816. The monoisotopic (exact) mass is 332 g/mol. The maximum absolute atomic E-state index is 11.8. The first-order valence-electron chi connectivity index (χ1n) is 5.82. The summed E-state index contributed by atoms with van der Waals surface area (Å²) in [7, 11) is 0. The molecule has 0 radical (unpaired) electrons. The number of nitrogens with one attached hydrogen (secondary N) is 1. The molecule has 100 valence electrons. The number of aryl methyl sites for hydroxylation is 1. The van der Waals surface area contributed by atoms with Crippen molar-refractivity contribution in [2.75, 3.05) is 5.32 Å². The molecule has 0 fully saturated rings. The summed E-state index contributed by atoms with van der Waals surface area (Å²) in [5, 5.41) is 3.44. The number of hydrogen-bond donors (Lipinski definition) is 2. The van der Waals surface area contributed by atoms with Gasteiger partial charge >= 0.3 is 0 Å². The number of nitrogens with two attached hydrogens (primary N) is 1. The topological polar surface area (TPSA) is 55.1 Å². The molecule has 0 heterocycles. The molecule has 1 amide bonds. The zero-order chi connectivity index (χ0) is 13.9. The number of anilines is 1. The second-order valence-corrected chi connectivity index (χ2v) is 6.00. The fraction of sp³-hybridized carbons (Fsp3) is 0.462. The Hall–Kier alpha value is -0.580.